The van der Waals surface area contributed by atoms with Crippen molar-refractivity contribution >= 4 is 17.6 Å². The summed E-state index contributed by atoms with van der Waals surface area (Å²) in [5, 5.41) is 3.42. The maximum atomic E-state index is 4.30. The molecule has 1 heterocycles. The molecule has 16 heavy (non-hydrogen) atoms. The minimum atomic E-state index is 0.329. The van der Waals surface area contributed by atoms with Crippen LogP contribution in [0.4, 0.5) is 5.82 Å². The van der Waals surface area contributed by atoms with Gasteiger partial charge < -0.3 is 5.32 Å². The van der Waals surface area contributed by atoms with Crippen molar-refractivity contribution in [3.8, 4) is 0 Å². The third-order valence-corrected chi connectivity index (χ3v) is 3.61. The van der Waals surface area contributed by atoms with Crippen LogP contribution in [0.5, 0.6) is 0 Å². The van der Waals surface area contributed by atoms with Crippen LogP contribution in [0.3, 0.4) is 0 Å². The molecule has 0 saturated carbocycles. The van der Waals surface area contributed by atoms with Gasteiger partial charge in [-0.2, -0.15) is 11.8 Å². The first kappa shape index (κ1) is 13.4. The van der Waals surface area contributed by atoms with E-state index in [9.17, 15) is 0 Å². The molecular weight excluding hydrogens is 216 g/mol. The highest BCUT2D eigenvalue weighted by Crippen LogP contribution is 2.24. The number of hydrogen-bond donors (Lipinski definition) is 1. The maximum Gasteiger partial charge on any atom is 0.126 e. The summed E-state index contributed by atoms with van der Waals surface area (Å²) in [4.78, 5) is 4.30. The molecule has 1 rings (SSSR count). The van der Waals surface area contributed by atoms with Crippen LogP contribution in [0.1, 0.15) is 33.3 Å². The van der Waals surface area contributed by atoms with E-state index in [2.05, 4.69) is 51.0 Å². The molecule has 1 N–H and O–H groups in total. The number of aryl methyl sites for hydroxylation is 1. The highest BCUT2D eigenvalue weighted by molar-refractivity contribution is 8.00. The molecule has 0 amide bonds. The second kappa shape index (κ2) is 5.58. The van der Waals surface area contributed by atoms with Crippen LogP contribution in [-0.4, -0.2) is 21.5 Å². The van der Waals surface area contributed by atoms with E-state index in [-0.39, 0.29) is 0 Å². The van der Waals surface area contributed by atoms with E-state index >= 15 is 0 Å². The summed E-state index contributed by atoms with van der Waals surface area (Å²) < 4.78 is 0.329. The fourth-order valence-corrected chi connectivity index (χ4v) is 2.12. The zero-order valence-electron chi connectivity index (χ0n) is 10.9. The number of thioether (sulfide) groups is 1. The van der Waals surface area contributed by atoms with E-state index in [0.717, 1.165) is 11.6 Å². The predicted molar refractivity (Wildman–Crippen MR) is 74.3 cm³/mol. The number of hydrogen-bond acceptors (Lipinski definition) is 3. The van der Waals surface area contributed by atoms with Crippen LogP contribution < -0.4 is 5.32 Å². The first-order valence-electron chi connectivity index (χ1n) is 5.70. The molecule has 0 aromatic carbocycles. The fourth-order valence-electron chi connectivity index (χ4n) is 1.28. The first-order valence-corrected chi connectivity index (χ1v) is 6.68. The van der Waals surface area contributed by atoms with Crippen molar-refractivity contribution < 1.29 is 0 Å². The van der Waals surface area contributed by atoms with E-state index in [1.807, 2.05) is 24.0 Å². The van der Waals surface area contributed by atoms with Crippen molar-refractivity contribution in [3.05, 3.63) is 23.9 Å². The lowest BCUT2D eigenvalue weighted by molar-refractivity contribution is 0.793. The van der Waals surface area contributed by atoms with Crippen molar-refractivity contribution in [1.29, 1.82) is 0 Å². The number of anilines is 1. The molecule has 0 aliphatic carbocycles. The molecule has 0 radical (unpaired) electrons. The topological polar surface area (TPSA) is 24.9 Å². The summed E-state index contributed by atoms with van der Waals surface area (Å²) in [6.07, 6.45) is 1.85. The van der Waals surface area contributed by atoms with Gasteiger partial charge in [-0.05, 0) is 31.5 Å². The van der Waals surface area contributed by atoms with E-state index in [1.54, 1.807) is 0 Å². The van der Waals surface area contributed by atoms with Crippen LogP contribution in [0.2, 0.25) is 0 Å². The Morgan fingerprint density at radius 1 is 1.44 bits per heavy atom. The van der Waals surface area contributed by atoms with Gasteiger partial charge in [0.05, 0.1) is 0 Å². The Labute approximate surface area is 103 Å². The monoisotopic (exact) mass is 238 g/mol. The highest BCUT2D eigenvalue weighted by atomic mass is 32.2. The zero-order chi connectivity index (χ0) is 12.2. The van der Waals surface area contributed by atoms with Crippen molar-refractivity contribution in [1.82, 2.24) is 4.98 Å². The van der Waals surface area contributed by atoms with Gasteiger partial charge >= 0.3 is 0 Å². The summed E-state index contributed by atoms with van der Waals surface area (Å²) in [6.45, 7) is 11.0. The van der Waals surface area contributed by atoms with Gasteiger partial charge in [0.15, 0.2) is 0 Å². The normalized spacial score (nSPS) is 13.6. The van der Waals surface area contributed by atoms with Crippen LogP contribution in [0, 0.1) is 6.92 Å². The second-order valence-electron chi connectivity index (χ2n) is 5.19. The highest BCUT2D eigenvalue weighted by Gasteiger charge is 2.12. The number of nitrogens with one attached hydrogen (secondary N) is 1. The minimum absolute atomic E-state index is 0.329. The molecular formula is C13H22N2S. The molecule has 0 fully saturated rings. The van der Waals surface area contributed by atoms with Crippen molar-refractivity contribution in [2.75, 3.05) is 11.1 Å². The fraction of sp³-hybridized carbons (Fsp3) is 0.615. The average molecular weight is 238 g/mol. The van der Waals surface area contributed by atoms with E-state index in [4.69, 9.17) is 0 Å². The second-order valence-corrected chi connectivity index (χ2v) is 7.03. The quantitative estimate of drug-likeness (QED) is 0.865. The Kier molecular flexibility index (Phi) is 4.66. The Balaban J connectivity index is 2.43. The van der Waals surface area contributed by atoms with E-state index in [1.165, 1.54) is 5.56 Å². The third kappa shape index (κ3) is 5.40. The Hall–Kier alpha value is -0.700. The minimum Gasteiger partial charge on any atom is -0.367 e. The number of nitrogens with zero attached hydrogens (tertiary/aromatic N) is 1. The largest absolute Gasteiger partial charge is 0.367 e. The van der Waals surface area contributed by atoms with Gasteiger partial charge in [-0.1, -0.05) is 20.8 Å². The Morgan fingerprint density at radius 2 is 2.12 bits per heavy atom. The third-order valence-electron chi connectivity index (χ3n) is 2.08. The Morgan fingerprint density at radius 3 is 2.69 bits per heavy atom. The van der Waals surface area contributed by atoms with E-state index in [0.29, 0.717) is 10.8 Å². The van der Waals surface area contributed by atoms with Crippen molar-refractivity contribution in [3.63, 3.8) is 0 Å². The van der Waals surface area contributed by atoms with Crippen LogP contribution >= 0.6 is 11.8 Å². The lowest BCUT2D eigenvalue weighted by atomic mass is 10.3. The first-order chi connectivity index (χ1) is 7.37. The zero-order valence-corrected chi connectivity index (χ0v) is 11.7. The molecule has 0 bridgehead atoms. The molecule has 1 aromatic rings. The number of aromatic nitrogens is 1. The summed E-state index contributed by atoms with van der Waals surface area (Å²) in [5.74, 6) is 2.07. The lowest BCUT2D eigenvalue weighted by Gasteiger charge is -2.21. The van der Waals surface area contributed by atoms with Crippen LogP contribution in [-0.2, 0) is 0 Å². The molecule has 2 nitrogen and oxygen atoms in total. The van der Waals surface area contributed by atoms with Gasteiger partial charge in [-0.3, -0.25) is 0 Å². The standard InChI is InChI=1S/C13H22N2S/c1-10-6-7-14-12(8-10)15-11(2)9-16-13(3,4)5/h6-8,11H,9H2,1-5H3,(H,14,15). The van der Waals surface area contributed by atoms with Gasteiger partial charge in [0.1, 0.15) is 5.82 Å². The SMILES string of the molecule is Cc1ccnc(NC(C)CSC(C)(C)C)c1. The molecule has 0 aliphatic heterocycles. The Bertz CT molecular complexity index is 331. The molecule has 1 unspecified atom stereocenters. The molecule has 0 aliphatic rings. The van der Waals surface area contributed by atoms with Gasteiger partial charge in [-0.25, -0.2) is 4.98 Å². The molecule has 90 valence electrons. The van der Waals surface area contributed by atoms with Gasteiger partial charge in [-0.15, -0.1) is 0 Å². The summed E-state index contributed by atoms with van der Waals surface area (Å²) in [5.41, 5.74) is 1.24. The number of pyridine rings is 1. The average Bonchev–Trinajstić information content (AvgIpc) is 2.14. The molecule has 3 heteroatoms. The van der Waals surface area contributed by atoms with Crippen LogP contribution in [0.25, 0.3) is 0 Å². The number of rotatable bonds is 4. The van der Waals surface area contributed by atoms with Gasteiger partial charge in [0.2, 0.25) is 0 Å². The van der Waals surface area contributed by atoms with Crippen LogP contribution in [0.15, 0.2) is 18.3 Å². The predicted octanol–water partition coefficient (Wildman–Crippen LogP) is 3.72. The summed E-state index contributed by atoms with van der Waals surface area (Å²) in [7, 11) is 0. The molecule has 0 saturated heterocycles. The van der Waals surface area contributed by atoms with Gasteiger partial charge in [0, 0.05) is 22.7 Å². The van der Waals surface area contributed by atoms with E-state index < -0.39 is 0 Å². The smallest absolute Gasteiger partial charge is 0.126 e. The lowest BCUT2D eigenvalue weighted by Crippen LogP contribution is -2.22. The maximum absolute atomic E-state index is 4.30. The van der Waals surface area contributed by atoms with Gasteiger partial charge in [0.25, 0.3) is 0 Å². The van der Waals surface area contributed by atoms with Crippen molar-refractivity contribution in [2.45, 2.75) is 45.4 Å². The molecule has 0 spiro atoms. The van der Waals surface area contributed by atoms with Crippen molar-refractivity contribution in [2.24, 2.45) is 0 Å². The molecule has 1 aromatic heterocycles. The summed E-state index contributed by atoms with van der Waals surface area (Å²) in [6, 6.07) is 4.54. The molecule has 1 atom stereocenters. The summed E-state index contributed by atoms with van der Waals surface area (Å²) >= 11 is 1.97.